The van der Waals surface area contributed by atoms with Gasteiger partial charge >= 0.3 is 113 Å². The van der Waals surface area contributed by atoms with Crippen LogP contribution in [-0.2, 0) is 38.6 Å². The van der Waals surface area contributed by atoms with Crippen LogP contribution in [-0.4, -0.2) is 34.1 Å². The molecule has 0 atom stereocenters. The number of carbonyl (C=O) groups is 2. The van der Waals surface area contributed by atoms with Crippen molar-refractivity contribution in [2.45, 2.75) is 21.3 Å². The summed E-state index contributed by atoms with van der Waals surface area (Å²) >= 11 is 0. The number of nitrogens with one attached hydrogen (secondary N) is 1. The molecule has 24 heavy (non-hydrogen) atoms. The number of hydrogen-bond acceptors (Lipinski definition) is 9. The summed E-state index contributed by atoms with van der Waals surface area (Å²) in [6, 6.07) is 0. The molecule has 2 amide bonds. The molecule has 0 unspecified atom stereocenters. The van der Waals surface area contributed by atoms with Gasteiger partial charge in [0.1, 0.15) is 11.5 Å². The molecule has 0 fully saturated rings. The fourth-order valence-electron chi connectivity index (χ4n) is 1.07. The van der Waals surface area contributed by atoms with E-state index in [4.69, 9.17) is 0 Å². The van der Waals surface area contributed by atoms with Crippen molar-refractivity contribution in [1.29, 1.82) is 0 Å². The molecule has 0 saturated carbocycles. The van der Waals surface area contributed by atoms with Crippen LogP contribution in [0.5, 0.6) is 0 Å². The molecule has 0 aliphatic carbocycles. The minimum atomic E-state index is -3.97. The van der Waals surface area contributed by atoms with Crippen LogP contribution in [0.3, 0.4) is 0 Å². The van der Waals surface area contributed by atoms with Crippen LogP contribution in [0.2, 0.25) is 0 Å². The molecule has 0 aromatic heterocycles. The van der Waals surface area contributed by atoms with Gasteiger partial charge in [-0.15, -0.1) is 0 Å². The Morgan fingerprint density at radius 1 is 0.958 bits per heavy atom. The Morgan fingerprint density at radius 2 is 1.42 bits per heavy atom. The van der Waals surface area contributed by atoms with Gasteiger partial charge in [-0.05, 0) is 13.8 Å². The van der Waals surface area contributed by atoms with Crippen LogP contribution in [0.25, 0.3) is 4.72 Å². The first-order chi connectivity index (χ1) is 8.99. The van der Waals surface area contributed by atoms with E-state index in [1.54, 1.807) is 4.72 Å². The first-order valence-corrected chi connectivity index (χ1v) is 7.60. The molecule has 0 bridgehead atoms. The maximum Gasteiger partial charge on any atom is 1.00 e. The number of allylic oxidation sites excluding steroid dienone is 2. The van der Waals surface area contributed by atoms with Gasteiger partial charge in [-0.2, -0.15) is 8.42 Å². The number of carbonyl (C=O) groups excluding carboxylic acids is 2. The summed E-state index contributed by atoms with van der Waals surface area (Å²) in [6.07, 6.45) is 2.06. The third-order valence-electron chi connectivity index (χ3n) is 1.57. The molecule has 0 aromatic rings. The predicted octanol–water partition coefficient (Wildman–Crippen LogP) is -6.19. The Bertz CT molecular complexity index is 651. The molecule has 0 radical (unpaired) electrons. The van der Waals surface area contributed by atoms with E-state index >= 15 is 0 Å². The molecule has 0 spiro atoms. The predicted molar refractivity (Wildman–Crippen MR) is 72.7 cm³/mol. The number of hydrogen-bond donors (Lipinski definition) is 1. The van der Waals surface area contributed by atoms with Gasteiger partial charge in [-0.1, -0.05) is 7.43 Å². The minimum Gasteiger partial charge on any atom is -0.870 e. The molecular formula is C9H14K2N2O9S2. The van der Waals surface area contributed by atoms with Crippen LogP contribution < -0.4 is 107 Å². The summed E-state index contributed by atoms with van der Waals surface area (Å²) in [7, 11) is -7.82. The molecule has 15 heteroatoms. The molecule has 0 aromatic carbocycles. The number of nitrogens with zero attached hydrogens (tertiary/aromatic N) is 1. The maximum absolute atomic E-state index is 10.5. The summed E-state index contributed by atoms with van der Waals surface area (Å²) in [5, 5.41) is 0. The zero-order valence-electron chi connectivity index (χ0n) is 12.6. The zero-order valence-corrected chi connectivity index (χ0v) is 20.5. The van der Waals surface area contributed by atoms with E-state index in [0.717, 1.165) is 12.2 Å². The maximum atomic E-state index is 10.5. The number of rotatable bonds is 0. The summed E-state index contributed by atoms with van der Waals surface area (Å²) in [5.74, 6) is -1.36. The first kappa shape index (κ1) is 32.8. The van der Waals surface area contributed by atoms with Crippen LogP contribution in [0.1, 0.15) is 21.3 Å². The van der Waals surface area contributed by atoms with Crippen LogP contribution >= 0.6 is 0 Å². The molecule has 2 rings (SSSR count). The summed E-state index contributed by atoms with van der Waals surface area (Å²) in [5.41, 5.74) is 0. The van der Waals surface area contributed by atoms with Crippen molar-refractivity contribution in [2.75, 3.05) is 0 Å². The fourth-order valence-corrected chi connectivity index (χ4v) is 2.51. The summed E-state index contributed by atoms with van der Waals surface area (Å²) in [4.78, 5) is 20.8. The molecule has 0 saturated heterocycles. The average Bonchev–Trinajstić information content (AvgIpc) is 2.08. The monoisotopic (exact) mass is 436 g/mol. The van der Waals surface area contributed by atoms with Crippen LogP contribution in [0, 0.1) is 0 Å². The third kappa shape index (κ3) is 13.4. The standard InChI is InChI=1S/2C4H5NO4S.CH4.2K.H2O/c2*1-3-2-4(6)5-10(7,8)9-3;;;;/h2*2H,1H3,(H,5,6);1H4;;;1H2/q;;;2*+1;/p-2. The molecule has 2 aliphatic heterocycles. The fraction of sp³-hybridized carbons (Fsp3) is 0.333. The molecule has 11 nitrogen and oxygen atoms in total. The average molecular weight is 437 g/mol. The van der Waals surface area contributed by atoms with Gasteiger partial charge in [0.2, 0.25) is 0 Å². The van der Waals surface area contributed by atoms with Crippen molar-refractivity contribution in [3.63, 3.8) is 0 Å². The van der Waals surface area contributed by atoms with Gasteiger partial charge in [-0.3, -0.25) is 4.79 Å². The van der Waals surface area contributed by atoms with Gasteiger partial charge in [0, 0.05) is 12.2 Å². The molecule has 128 valence electrons. The van der Waals surface area contributed by atoms with E-state index in [1.165, 1.54) is 13.8 Å². The first-order valence-electron chi connectivity index (χ1n) is 4.83. The molecule has 2 aliphatic rings. The Labute approximate surface area is 225 Å². The van der Waals surface area contributed by atoms with Crippen molar-refractivity contribution < 1.29 is 143 Å². The SMILES string of the molecule is C.CC1=CC(=O)NS(=O)(=O)O1.CC1=CC(=O)[N-]S(=O)(=O)O1.[K+].[K+].[OH-]. The summed E-state index contributed by atoms with van der Waals surface area (Å²) < 4.78 is 54.6. The van der Waals surface area contributed by atoms with Gasteiger partial charge in [-0.25, -0.2) is 13.1 Å². The third-order valence-corrected chi connectivity index (χ3v) is 3.38. The Hall–Kier alpha value is 1.15. The summed E-state index contributed by atoms with van der Waals surface area (Å²) in [6.45, 7) is 2.75. The van der Waals surface area contributed by atoms with Crippen molar-refractivity contribution in [3.8, 4) is 0 Å². The van der Waals surface area contributed by atoms with E-state index in [-0.39, 0.29) is 127 Å². The topological polar surface area (TPSA) is 177 Å². The molecular weight excluding hydrogens is 422 g/mol. The quantitative estimate of drug-likeness (QED) is 0.362. The van der Waals surface area contributed by atoms with Gasteiger partial charge in [0.05, 0.1) is 5.91 Å². The Kier molecular flexibility index (Phi) is 18.2. The second-order valence-electron chi connectivity index (χ2n) is 3.45. The number of amides is 2. The van der Waals surface area contributed by atoms with E-state index in [2.05, 4.69) is 13.1 Å². The van der Waals surface area contributed by atoms with Crippen molar-refractivity contribution in [1.82, 2.24) is 4.72 Å². The van der Waals surface area contributed by atoms with Crippen molar-refractivity contribution >= 4 is 32.4 Å². The van der Waals surface area contributed by atoms with E-state index < -0.39 is 32.4 Å². The second-order valence-corrected chi connectivity index (χ2v) is 5.94. The van der Waals surface area contributed by atoms with Crippen LogP contribution in [0.15, 0.2) is 23.7 Å². The largest absolute Gasteiger partial charge is 1.00 e. The van der Waals surface area contributed by atoms with Crippen molar-refractivity contribution in [2.24, 2.45) is 0 Å². The molecule has 2 N–H and O–H groups in total. The smallest absolute Gasteiger partial charge is 0.870 e. The Balaban J connectivity index is -0.000000143. The minimum absolute atomic E-state index is 0. The zero-order chi connectivity index (χ0) is 15.6. The second kappa shape index (κ2) is 13.3. The van der Waals surface area contributed by atoms with E-state index in [0.29, 0.717) is 0 Å². The van der Waals surface area contributed by atoms with Gasteiger partial charge in [0.25, 0.3) is 16.2 Å². The van der Waals surface area contributed by atoms with Gasteiger partial charge < -0.3 is 23.4 Å². The van der Waals surface area contributed by atoms with Gasteiger partial charge in [0.15, 0.2) is 0 Å². The van der Waals surface area contributed by atoms with Crippen LogP contribution in [0.4, 0.5) is 0 Å². The van der Waals surface area contributed by atoms with Crippen molar-refractivity contribution in [3.05, 3.63) is 28.4 Å². The Morgan fingerprint density at radius 3 is 1.75 bits per heavy atom. The van der Waals surface area contributed by atoms with E-state index in [1.807, 2.05) is 0 Å². The molecule has 2 heterocycles. The van der Waals surface area contributed by atoms with E-state index in [9.17, 15) is 26.4 Å². The normalized spacial score (nSPS) is 18.8.